The monoisotopic (exact) mass is 368 g/mol. The van der Waals surface area contributed by atoms with Gasteiger partial charge in [-0.05, 0) is 37.8 Å². The molecule has 1 aromatic heterocycles. The lowest BCUT2D eigenvalue weighted by Crippen LogP contribution is -2.55. The van der Waals surface area contributed by atoms with E-state index in [1.54, 1.807) is 12.1 Å². The topological polar surface area (TPSA) is 82.9 Å². The molecule has 0 aliphatic carbocycles. The molecule has 2 aromatic rings. The Bertz CT molecular complexity index is 816. The molecule has 0 unspecified atom stereocenters. The highest BCUT2D eigenvalue weighted by molar-refractivity contribution is 5.94. The van der Waals surface area contributed by atoms with E-state index in [0.717, 1.165) is 24.1 Å². The van der Waals surface area contributed by atoms with Crippen LogP contribution in [0.5, 0.6) is 0 Å². The van der Waals surface area contributed by atoms with E-state index >= 15 is 0 Å². The molecule has 2 N–H and O–H groups in total. The van der Waals surface area contributed by atoms with Crippen LogP contribution in [0.2, 0.25) is 0 Å². The van der Waals surface area contributed by atoms with Crippen molar-refractivity contribution in [1.82, 2.24) is 4.98 Å². The first kappa shape index (κ1) is 17.9. The van der Waals surface area contributed by atoms with Gasteiger partial charge in [0.15, 0.2) is 0 Å². The highest BCUT2D eigenvalue weighted by Crippen LogP contribution is 2.37. The van der Waals surface area contributed by atoms with E-state index in [2.05, 4.69) is 4.98 Å². The van der Waals surface area contributed by atoms with Crippen LogP contribution in [0, 0.1) is 0 Å². The molecule has 6 nitrogen and oxygen atoms in total. The second-order valence-electron chi connectivity index (χ2n) is 7.30. The van der Waals surface area contributed by atoms with Crippen molar-refractivity contribution in [3.8, 4) is 11.3 Å². The van der Waals surface area contributed by atoms with Crippen LogP contribution in [0.4, 0.5) is 5.82 Å². The Labute approximate surface area is 158 Å². The van der Waals surface area contributed by atoms with Crippen molar-refractivity contribution < 1.29 is 19.7 Å². The van der Waals surface area contributed by atoms with Crippen molar-refractivity contribution in [2.75, 3.05) is 24.6 Å². The predicted octanol–water partition coefficient (Wildman–Crippen LogP) is 2.96. The van der Waals surface area contributed by atoms with E-state index < -0.39 is 17.7 Å². The molecule has 0 radical (unpaired) electrons. The summed E-state index contributed by atoms with van der Waals surface area (Å²) < 4.78 is 5.96. The number of benzene rings is 1. The van der Waals surface area contributed by atoms with Gasteiger partial charge in [0.1, 0.15) is 11.4 Å². The summed E-state index contributed by atoms with van der Waals surface area (Å²) in [5.74, 6) is -0.490. The fourth-order valence-electron chi connectivity index (χ4n) is 4.11. The fraction of sp³-hybridized carbons (Fsp3) is 0.429. The molecule has 3 heterocycles. The molecule has 4 rings (SSSR count). The molecule has 142 valence electrons. The van der Waals surface area contributed by atoms with Gasteiger partial charge in [0.05, 0.1) is 17.4 Å². The first-order valence-corrected chi connectivity index (χ1v) is 9.46. The molecular formula is C21H24N2O4. The van der Waals surface area contributed by atoms with Crippen LogP contribution in [0.15, 0.2) is 42.5 Å². The van der Waals surface area contributed by atoms with E-state index in [9.17, 15) is 15.0 Å². The summed E-state index contributed by atoms with van der Waals surface area (Å²) in [4.78, 5) is 18.4. The number of carbonyl (C=O) groups is 1. The number of pyridine rings is 1. The van der Waals surface area contributed by atoms with E-state index in [1.165, 1.54) is 0 Å². The number of hydrogen-bond donors (Lipinski definition) is 2. The summed E-state index contributed by atoms with van der Waals surface area (Å²) in [5, 5.41) is 20.0. The summed E-state index contributed by atoms with van der Waals surface area (Å²) in [5.41, 5.74) is 1.42. The van der Waals surface area contributed by atoms with Crippen molar-refractivity contribution in [3.63, 3.8) is 0 Å². The Kier molecular flexibility index (Phi) is 4.85. The lowest BCUT2D eigenvalue weighted by molar-refractivity contribution is -0.164. The maximum atomic E-state index is 11.7. The summed E-state index contributed by atoms with van der Waals surface area (Å²) in [6.45, 7) is 1.91. The number of carboxylic acid groups (broad SMARTS) is 1. The Morgan fingerprint density at radius 2 is 1.89 bits per heavy atom. The lowest BCUT2D eigenvalue weighted by atomic mass is 9.82. The number of aromatic nitrogens is 1. The Morgan fingerprint density at radius 1 is 1.15 bits per heavy atom. The van der Waals surface area contributed by atoms with E-state index in [0.29, 0.717) is 38.4 Å². The van der Waals surface area contributed by atoms with Gasteiger partial charge in [-0.3, -0.25) is 0 Å². The number of ether oxygens (including phenoxy) is 1. The number of hydrogen-bond acceptors (Lipinski definition) is 5. The smallest absolute Gasteiger partial charge is 0.339 e. The molecule has 2 saturated heterocycles. The first-order chi connectivity index (χ1) is 13.1. The zero-order valence-corrected chi connectivity index (χ0v) is 15.2. The van der Waals surface area contributed by atoms with Crippen LogP contribution in [0.25, 0.3) is 11.3 Å². The minimum atomic E-state index is -0.980. The lowest BCUT2D eigenvalue weighted by Gasteiger charge is -2.47. The fourth-order valence-corrected chi connectivity index (χ4v) is 4.11. The number of carboxylic acids is 1. The minimum Gasteiger partial charge on any atom is -0.478 e. The van der Waals surface area contributed by atoms with Gasteiger partial charge in [-0.2, -0.15) is 0 Å². The Balaban J connectivity index is 1.62. The largest absolute Gasteiger partial charge is 0.478 e. The molecule has 0 amide bonds. The average molecular weight is 368 g/mol. The van der Waals surface area contributed by atoms with Crippen molar-refractivity contribution in [2.45, 2.75) is 37.4 Å². The molecule has 2 fully saturated rings. The summed E-state index contributed by atoms with van der Waals surface area (Å²) in [7, 11) is 0. The molecule has 2 aliphatic heterocycles. The van der Waals surface area contributed by atoms with Crippen LogP contribution in [0.1, 0.15) is 36.0 Å². The Hall–Kier alpha value is -2.44. The quantitative estimate of drug-likeness (QED) is 0.867. The third kappa shape index (κ3) is 3.42. The minimum absolute atomic E-state index is 0.204. The Morgan fingerprint density at radius 3 is 2.56 bits per heavy atom. The number of piperidine rings is 1. The average Bonchev–Trinajstić information content (AvgIpc) is 2.71. The van der Waals surface area contributed by atoms with Crippen LogP contribution in [-0.2, 0) is 4.74 Å². The van der Waals surface area contributed by atoms with Gasteiger partial charge in [-0.25, -0.2) is 9.78 Å². The molecule has 6 heteroatoms. The summed E-state index contributed by atoms with van der Waals surface area (Å²) >= 11 is 0. The van der Waals surface area contributed by atoms with Crippen molar-refractivity contribution in [1.29, 1.82) is 0 Å². The molecule has 0 bridgehead atoms. The van der Waals surface area contributed by atoms with Gasteiger partial charge in [-0.1, -0.05) is 30.3 Å². The number of nitrogens with zero attached hydrogens (tertiary/aromatic N) is 2. The SMILES string of the molecule is O=C(O)c1ccc(-c2ccccc2)nc1N1CCC2(CC1)OCCC[C@H]2O. The summed E-state index contributed by atoms with van der Waals surface area (Å²) in [6, 6.07) is 13.1. The predicted molar refractivity (Wildman–Crippen MR) is 102 cm³/mol. The van der Waals surface area contributed by atoms with Crippen molar-refractivity contribution in [3.05, 3.63) is 48.0 Å². The number of aliphatic hydroxyl groups excluding tert-OH is 1. The van der Waals surface area contributed by atoms with Crippen LogP contribution >= 0.6 is 0 Å². The third-order valence-electron chi connectivity index (χ3n) is 5.70. The highest BCUT2D eigenvalue weighted by Gasteiger charge is 2.44. The number of rotatable bonds is 3. The molecule has 2 aliphatic rings. The van der Waals surface area contributed by atoms with Gasteiger partial charge in [-0.15, -0.1) is 0 Å². The molecule has 1 spiro atoms. The van der Waals surface area contributed by atoms with Gasteiger partial charge >= 0.3 is 5.97 Å². The van der Waals surface area contributed by atoms with Gasteiger partial charge < -0.3 is 19.8 Å². The van der Waals surface area contributed by atoms with Crippen LogP contribution in [0.3, 0.4) is 0 Å². The third-order valence-corrected chi connectivity index (χ3v) is 5.70. The highest BCUT2D eigenvalue weighted by atomic mass is 16.5. The molecule has 27 heavy (non-hydrogen) atoms. The maximum Gasteiger partial charge on any atom is 0.339 e. The van der Waals surface area contributed by atoms with Gasteiger partial charge in [0.25, 0.3) is 0 Å². The normalized spacial score (nSPS) is 22.0. The number of anilines is 1. The second-order valence-corrected chi connectivity index (χ2v) is 7.30. The standard InChI is InChI=1S/C21H24N2O4/c24-18-7-4-14-27-21(18)10-12-23(13-11-21)19-16(20(25)26)8-9-17(22-19)15-5-2-1-3-6-15/h1-3,5-6,8-9,18,24H,4,7,10-14H2,(H,25,26)/t18-/m1/s1. The van der Waals surface area contributed by atoms with Crippen molar-refractivity contribution >= 4 is 11.8 Å². The second kappa shape index (κ2) is 7.29. The zero-order chi connectivity index (χ0) is 18.9. The van der Waals surface area contributed by atoms with E-state index in [4.69, 9.17) is 4.74 Å². The van der Waals surface area contributed by atoms with Crippen LogP contribution in [-0.4, -0.2) is 52.6 Å². The van der Waals surface area contributed by atoms with Gasteiger partial charge in [0.2, 0.25) is 0 Å². The van der Waals surface area contributed by atoms with Crippen molar-refractivity contribution in [2.24, 2.45) is 0 Å². The molecule has 1 aromatic carbocycles. The molecular weight excluding hydrogens is 344 g/mol. The van der Waals surface area contributed by atoms with E-state index in [-0.39, 0.29) is 5.56 Å². The van der Waals surface area contributed by atoms with Gasteiger partial charge in [0, 0.05) is 25.3 Å². The number of aromatic carboxylic acids is 1. The summed E-state index contributed by atoms with van der Waals surface area (Å²) in [6.07, 6.45) is 2.55. The first-order valence-electron chi connectivity index (χ1n) is 9.46. The van der Waals surface area contributed by atoms with Crippen LogP contribution < -0.4 is 4.90 Å². The molecule has 0 saturated carbocycles. The number of aliphatic hydroxyl groups is 1. The zero-order valence-electron chi connectivity index (χ0n) is 15.2. The molecule has 1 atom stereocenters. The van der Waals surface area contributed by atoms with E-state index in [1.807, 2.05) is 35.2 Å². The maximum absolute atomic E-state index is 11.7.